The number of carboxylic acid groups (broad SMARTS) is 1. The zero-order chi connectivity index (χ0) is 28.5. The Morgan fingerprint density at radius 1 is 0.925 bits per heavy atom. The van der Waals surface area contributed by atoms with Crippen LogP contribution in [0.4, 0.5) is 0 Å². The van der Waals surface area contributed by atoms with Gasteiger partial charge in [-0.25, -0.2) is 4.79 Å². The maximum Gasteiger partial charge on any atom is 0.326 e. The van der Waals surface area contributed by atoms with Crippen LogP contribution in [-0.2, 0) is 20.8 Å². The number of amides is 2. The zero-order valence-corrected chi connectivity index (χ0v) is 23.1. The Kier molecular flexibility index (Phi) is 10.1. The van der Waals surface area contributed by atoms with Gasteiger partial charge in [0.15, 0.2) is 5.78 Å². The molecule has 0 bridgehead atoms. The van der Waals surface area contributed by atoms with Gasteiger partial charge in [-0.15, -0.1) is 11.8 Å². The summed E-state index contributed by atoms with van der Waals surface area (Å²) >= 11 is 1.57. The van der Waals surface area contributed by atoms with Crippen LogP contribution >= 0.6 is 11.8 Å². The van der Waals surface area contributed by atoms with Crippen molar-refractivity contribution >= 4 is 35.3 Å². The van der Waals surface area contributed by atoms with Crippen LogP contribution in [0.5, 0.6) is 0 Å². The summed E-state index contributed by atoms with van der Waals surface area (Å²) in [5, 5.41) is 12.6. The highest BCUT2D eigenvalue weighted by atomic mass is 32.2. The number of ketones is 1. The molecule has 4 rings (SSSR count). The number of carboxylic acids is 1. The minimum atomic E-state index is -1.03. The third-order valence-electron chi connectivity index (χ3n) is 6.76. The summed E-state index contributed by atoms with van der Waals surface area (Å²) in [4.78, 5) is 55.4. The fourth-order valence-electron chi connectivity index (χ4n) is 4.76. The minimum absolute atomic E-state index is 0.0390. The second-order valence-corrected chi connectivity index (χ2v) is 11.3. The maximum absolute atomic E-state index is 13.4. The molecule has 0 radical (unpaired) electrons. The zero-order valence-electron chi connectivity index (χ0n) is 22.3. The van der Waals surface area contributed by atoms with Crippen LogP contribution in [0.15, 0.2) is 95.9 Å². The lowest BCUT2D eigenvalue weighted by molar-refractivity contribution is -0.148. The van der Waals surface area contributed by atoms with Crippen molar-refractivity contribution in [2.75, 3.05) is 26.7 Å². The Labute approximate surface area is 238 Å². The monoisotopic (exact) mass is 559 g/mol. The van der Waals surface area contributed by atoms with E-state index in [4.69, 9.17) is 0 Å². The number of likely N-dealkylation sites (N-methyl/N-ethyl adjacent to an activating group) is 1. The Balaban J connectivity index is 1.39. The Bertz CT molecular complexity index is 1310. The number of thioether (sulfide) groups is 1. The number of hydrogen-bond donors (Lipinski definition) is 2. The summed E-state index contributed by atoms with van der Waals surface area (Å²) in [5.74, 6) is -1.96. The smallest absolute Gasteiger partial charge is 0.326 e. The normalized spacial score (nSPS) is 17.4. The van der Waals surface area contributed by atoms with Gasteiger partial charge in [0.1, 0.15) is 6.04 Å². The number of Topliss-reactive ketones (excluding diaryl/α,β-unsaturated/α-hetero) is 1. The quantitative estimate of drug-likeness (QED) is 0.350. The summed E-state index contributed by atoms with van der Waals surface area (Å²) in [6.45, 7) is 0.135. The van der Waals surface area contributed by atoms with E-state index in [1.165, 1.54) is 4.90 Å². The Morgan fingerprint density at radius 3 is 2.15 bits per heavy atom. The molecule has 0 aromatic heterocycles. The molecule has 40 heavy (non-hydrogen) atoms. The molecule has 9 heteroatoms. The first-order valence-corrected chi connectivity index (χ1v) is 14.0. The van der Waals surface area contributed by atoms with Crippen molar-refractivity contribution in [3.05, 3.63) is 102 Å². The van der Waals surface area contributed by atoms with E-state index in [-0.39, 0.29) is 35.9 Å². The molecule has 1 heterocycles. The van der Waals surface area contributed by atoms with Crippen LogP contribution in [0, 0.1) is 0 Å². The highest BCUT2D eigenvalue weighted by molar-refractivity contribution is 8.00. The van der Waals surface area contributed by atoms with Gasteiger partial charge in [0, 0.05) is 22.3 Å². The number of hydrogen-bond acceptors (Lipinski definition) is 6. The lowest BCUT2D eigenvalue weighted by Gasteiger charge is -2.26. The number of nitrogens with one attached hydrogen (secondary N) is 1. The van der Waals surface area contributed by atoms with Crippen LogP contribution < -0.4 is 5.32 Å². The molecule has 1 fully saturated rings. The Hall–Kier alpha value is -3.95. The number of rotatable bonds is 12. The molecule has 2 unspecified atom stereocenters. The second-order valence-electron chi connectivity index (χ2n) is 9.91. The maximum atomic E-state index is 13.4. The van der Waals surface area contributed by atoms with Crippen molar-refractivity contribution in [1.29, 1.82) is 0 Å². The predicted molar refractivity (Wildman–Crippen MR) is 154 cm³/mol. The summed E-state index contributed by atoms with van der Waals surface area (Å²) in [7, 11) is 1.65. The van der Waals surface area contributed by atoms with E-state index in [2.05, 4.69) is 5.32 Å². The van der Waals surface area contributed by atoms with E-state index in [1.807, 2.05) is 66.7 Å². The van der Waals surface area contributed by atoms with E-state index in [0.717, 1.165) is 10.5 Å². The molecule has 2 N–H and O–H groups in total. The second kappa shape index (κ2) is 13.9. The first kappa shape index (κ1) is 29.0. The van der Waals surface area contributed by atoms with E-state index < -0.39 is 18.1 Å². The average Bonchev–Trinajstić information content (AvgIpc) is 3.38. The third kappa shape index (κ3) is 8.03. The van der Waals surface area contributed by atoms with Crippen LogP contribution in [0.2, 0.25) is 0 Å². The lowest BCUT2D eigenvalue weighted by Crippen LogP contribution is -2.49. The molecule has 2 amide bonds. The number of likely N-dealkylation sites (tertiary alicyclic amines) is 1. The molecule has 1 aliphatic heterocycles. The number of aliphatic carboxylic acids is 1. The number of benzene rings is 3. The molecule has 0 saturated carbocycles. The van der Waals surface area contributed by atoms with Gasteiger partial charge in [0.25, 0.3) is 5.91 Å². The standard InChI is InChI=1S/C31H33N3O5S/c1-33(21-29(36)34-19-25(18-27(34)31(38)39)40-24-15-9-4-10-16-24)20-28(35)26(17-22-11-5-2-6-12-22)32-30(37)23-13-7-3-8-14-23/h2-16,25-27H,17-21H2,1H3,(H,32,37)(H,38,39)/t25?,26?,27-/m0/s1. The Morgan fingerprint density at radius 2 is 1.52 bits per heavy atom. The molecule has 3 aromatic carbocycles. The molecule has 3 aromatic rings. The van der Waals surface area contributed by atoms with Gasteiger partial charge in [0.2, 0.25) is 5.91 Å². The summed E-state index contributed by atoms with van der Waals surface area (Å²) < 4.78 is 0. The van der Waals surface area contributed by atoms with Crippen molar-refractivity contribution in [1.82, 2.24) is 15.1 Å². The summed E-state index contributed by atoms with van der Waals surface area (Å²) in [5.41, 5.74) is 1.35. The molecular formula is C31H33N3O5S. The average molecular weight is 560 g/mol. The largest absolute Gasteiger partial charge is 0.480 e. The molecule has 208 valence electrons. The van der Waals surface area contributed by atoms with Gasteiger partial charge in [-0.3, -0.25) is 19.3 Å². The molecule has 3 atom stereocenters. The van der Waals surface area contributed by atoms with Crippen molar-refractivity contribution in [2.45, 2.75) is 35.1 Å². The molecular weight excluding hydrogens is 526 g/mol. The predicted octanol–water partition coefficient (Wildman–Crippen LogP) is 3.38. The van der Waals surface area contributed by atoms with Crippen LogP contribution in [0.3, 0.4) is 0 Å². The van der Waals surface area contributed by atoms with Crippen molar-refractivity contribution in [3.8, 4) is 0 Å². The SMILES string of the molecule is CN(CC(=O)C(Cc1ccccc1)NC(=O)c1ccccc1)CC(=O)N1CC(Sc2ccccc2)C[C@H]1C(=O)O. The van der Waals surface area contributed by atoms with Gasteiger partial charge < -0.3 is 15.3 Å². The van der Waals surface area contributed by atoms with Crippen LogP contribution in [-0.4, -0.2) is 82.5 Å². The lowest BCUT2D eigenvalue weighted by atomic mass is 10.0. The molecule has 1 aliphatic rings. The van der Waals surface area contributed by atoms with Crippen LogP contribution in [0.1, 0.15) is 22.3 Å². The van der Waals surface area contributed by atoms with Gasteiger partial charge in [-0.2, -0.15) is 0 Å². The van der Waals surface area contributed by atoms with E-state index in [9.17, 15) is 24.3 Å². The van der Waals surface area contributed by atoms with Gasteiger partial charge in [-0.1, -0.05) is 66.7 Å². The van der Waals surface area contributed by atoms with Crippen LogP contribution in [0.25, 0.3) is 0 Å². The first-order chi connectivity index (χ1) is 19.3. The van der Waals surface area contributed by atoms with Crippen molar-refractivity contribution in [3.63, 3.8) is 0 Å². The summed E-state index contributed by atoms with van der Waals surface area (Å²) in [6, 6.07) is 26.1. The highest BCUT2D eigenvalue weighted by Gasteiger charge is 2.40. The highest BCUT2D eigenvalue weighted by Crippen LogP contribution is 2.33. The van der Waals surface area contributed by atoms with Crippen molar-refractivity contribution in [2.24, 2.45) is 0 Å². The van der Waals surface area contributed by atoms with E-state index >= 15 is 0 Å². The number of carbonyl (C=O) groups is 4. The molecule has 0 spiro atoms. The summed E-state index contributed by atoms with van der Waals surface area (Å²) in [6.07, 6.45) is 0.666. The molecule has 1 saturated heterocycles. The van der Waals surface area contributed by atoms with E-state index in [0.29, 0.717) is 24.9 Å². The van der Waals surface area contributed by atoms with Gasteiger partial charge in [0.05, 0.1) is 19.1 Å². The van der Waals surface area contributed by atoms with Gasteiger partial charge >= 0.3 is 5.97 Å². The minimum Gasteiger partial charge on any atom is -0.480 e. The van der Waals surface area contributed by atoms with Crippen molar-refractivity contribution < 1.29 is 24.3 Å². The molecule has 8 nitrogen and oxygen atoms in total. The number of carbonyl (C=O) groups excluding carboxylic acids is 3. The third-order valence-corrected chi connectivity index (χ3v) is 7.98. The molecule has 0 aliphatic carbocycles. The fraction of sp³-hybridized carbons (Fsp3) is 0.290. The fourth-order valence-corrected chi connectivity index (χ4v) is 5.98. The van der Waals surface area contributed by atoms with Gasteiger partial charge in [-0.05, 0) is 49.7 Å². The first-order valence-electron chi connectivity index (χ1n) is 13.1. The topological polar surface area (TPSA) is 107 Å². The number of nitrogens with zero attached hydrogens (tertiary/aromatic N) is 2. The van der Waals surface area contributed by atoms with E-state index in [1.54, 1.807) is 48.0 Å².